The summed E-state index contributed by atoms with van der Waals surface area (Å²) >= 11 is 0. The number of hydrogen-bond acceptors (Lipinski definition) is 4. The summed E-state index contributed by atoms with van der Waals surface area (Å²) in [5, 5.41) is 6.42. The number of anilines is 1. The van der Waals surface area contributed by atoms with E-state index in [1.807, 2.05) is 36.9 Å². The van der Waals surface area contributed by atoms with Gasteiger partial charge < -0.3 is 15.5 Å². The Balaban J connectivity index is 1.43. The Kier molecular flexibility index (Phi) is 6.27. The smallest absolute Gasteiger partial charge is 0.238 e. The van der Waals surface area contributed by atoms with Gasteiger partial charge >= 0.3 is 0 Å². The molecule has 2 aliphatic heterocycles. The fourth-order valence-electron chi connectivity index (χ4n) is 3.82. The van der Waals surface area contributed by atoms with Crippen LogP contribution in [0.4, 0.5) is 5.69 Å². The molecule has 2 aliphatic rings. The fraction of sp³-hybridized carbons (Fsp3) is 0.600. The summed E-state index contributed by atoms with van der Waals surface area (Å²) in [6.07, 6.45) is 2.87. The molecule has 2 heterocycles. The van der Waals surface area contributed by atoms with Gasteiger partial charge in [-0.1, -0.05) is 18.2 Å². The van der Waals surface area contributed by atoms with Crippen molar-refractivity contribution in [3.8, 4) is 0 Å². The Bertz CT molecular complexity index is 627. The number of rotatable bonds is 5. The number of aryl methyl sites for hydroxylation is 2. The van der Waals surface area contributed by atoms with E-state index < -0.39 is 0 Å². The van der Waals surface area contributed by atoms with Gasteiger partial charge in [0.15, 0.2) is 0 Å². The van der Waals surface area contributed by atoms with Gasteiger partial charge in [-0.3, -0.25) is 14.5 Å². The second-order valence-electron chi connectivity index (χ2n) is 7.47. The van der Waals surface area contributed by atoms with Crippen molar-refractivity contribution in [1.82, 2.24) is 15.1 Å². The molecule has 0 aromatic heterocycles. The van der Waals surface area contributed by atoms with Crippen molar-refractivity contribution in [2.45, 2.75) is 39.2 Å². The molecule has 0 bridgehead atoms. The first-order valence-corrected chi connectivity index (χ1v) is 9.62. The van der Waals surface area contributed by atoms with E-state index in [-0.39, 0.29) is 11.8 Å². The van der Waals surface area contributed by atoms with Crippen LogP contribution in [0.1, 0.15) is 30.4 Å². The van der Waals surface area contributed by atoms with Crippen LogP contribution < -0.4 is 10.6 Å². The van der Waals surface area contributed by atoms with E-state index >= 15 is 0 Å². The van der Waals surface area contributed by atoms with Crippen molar-refractivity contribution >= 4 is 17.5 Å². The number of nitrogens with zero attached hydrogens (tertiary/aromatic N) is 2. The Morgan fingerprint density at radius 2 is 1.85 bits per heavy atom. The highest BCUT2D eigenvalue weighted by molar-refractivity contribution is 5.93. The van der Waals surface area contributed by atoms with E-state index in [0.717, 1.165) is 42.9 Å². The number of benzene rings is 1. The number of para-hydroxylation sites is 1. The van der Waals surface area contributed by atoms with Crippen LogP contribution in [0.5, 0.6) is 0 Å². The summed E-state index contributed by atoms with van der Waals surface area (Å²) in [6, 6.07) is 6.36. The molecule has 2 amide bonds. The second kappa shape index (κ2) is 8.64. The van der Waals surface area contributed by atoms with Crippen molar-refractivity contribution in [2.24, 2.45) is 0 Å². The molecule has 6 heteroatoms. The van der Waals surface area contributed by atoms with Gasteiger partial charge in [0.05, 0.1) is 6.54 Å². The van der Waals surface area contributed by atoms with Gasteiger partial charge in [0.2, 0.25) is 11.8 Å². The lowest BCUT2D eigenvalue weighted by Crippen LogP contribution is -2.51. The molecular formula is C20H30N4O2. The Labute approximate surface area is 155 Å². The lowest BCUT2D eigenvalue weighted by Gasteiger charge is -2.34. The average molecular weight is 358 g/mol. The summed E-state index contributed by atoms with van der Waals surface area (Å²) in [5.41, 5.74) is 3.07. The molecule has 2 saturated heterocycles. The maximum absolute atomic E-state index is 12.4. The van der Waals surface area contributed by atoms with Crippen molar-refractivity contribution in [2.75, 3.05) is 44.6 Å². The molecule has 1 aromatic rings. The SMILES string of the molecule is Cc1cccc(C)c1NC(=O)CN1CCN(C(=O)CC2CCCN2)CC1. The molecule has 1 unspecified atom stereocenters. The van der Waals surface area contributed by atoms with E-state index in [2.05, 4.69) is 15.5 Å². The molecule has 1 aromatic carbocycles. The van der Waals surface area contributed by atoms with Crippen LogP contribution in [-0.4, -0.2) is 66.9 Å². The molecule has 2 fully saturated rings. The normalized spacial score (nSPS) is 21.0. The first kappa shape index (κ1) is 18.9. The molecule has 3 rings (SSSR count). The van der Waals surface area contributed by atoms with Crippen molar-refractivity contribution in [1.29, 1.82) is 0 Å². The van der Waals surface area contributed by atoms with Crippen molar-refractivity contribution in [3.05, 3.63) is 29.3 Å². The van der Waals surface area contributed by atoms with Gasteiger partial charge in [0, 0.05) is 44.3 Å². The molecule has 0 radical (unpaired) electrons. The predicted octanol–water partition coefficient (Wildman–Crippen LogP) is 1.53. The van der Waals surface area contributed by atoms with Crippen LogP contribution >= 0.6 is 0 Å². The molecule has 6 nitrogen and oxygen atoms in total. The summed E-state index contributed by atoms with van der Waals surface area (Å²) in [4.78, 5) is 28.8. The third kappa shape index (κ3) is 4.83. The highest BCUT2D eigenvalue weighted by Crippen LogP contribution is 2.19. The van der Waals surface area contributed by atoms with Crippen LogP contribution in [0.25, 0.3) is 0 Å². The summed E-state index contributed by atoms with van der Waals surface area (Å²) < 4.78 is 0. The van der Waals surface area contributed by atoms with E-state index in [1.165, 1.54) is 6.42 Å². The van der Waals surface area contributed by atoms with Gasteiger partial charge in [-0.2, -0.15) is 0 Å². The molecule has 1 atom stereocenters. The lowest BCUT2D eigenvalue weighted by atomic mass is 10.1. The largest absolute Gasteiger partial charge is 0.340 e. The quantitative estimate of drug-likeness (QED) is 0.838. The van der Waals surface area contributed by atoms with Crippen LogP contribution in [0.15, 0.2) is 18.2 Å². The van der Waals surface area contributed by atoms with E-state index in [4.69, 9.17) is 0 Å². The summed E-state index contributed by atoms with van der Waals surface area (Å²) in [6.45, 7) is 8.35. The summed E-state index contributed by atoms with van der Waals surface area (Å²) in [7, 11) is 0. The average Bonchev–Trinajstić information content (AvgIpc) is 3.12. The highest BCUT2D eigenvalue weighted by atomic mass is 16.2. The zero-order chi connectivity index (χ0) is 18.5. The molecule has 0 spiro atoms. The fourth-order valence-corrected chi connectivity index (χ4v) is 3.82. The molecule has 2 N–H and O–H groups in total. The van der Waals surface area contributed by atoms with Gasteiger partial charge in [0.25, 0.3) is 0 Å². The van der Waals surface area contributed by atoms with Gasteiger partial charge in [-0.05, 0) is 44.4 Å². The number of piperazine rings is 1. The highest BCUT2D eigenvalue weighted by Gasteiger charge is 2.25. The zero-order valence-electron chi connectivity index (χ0n) is 15.9. The summed E-state index contributed by atoms with van der Waals surface area (Å²) in [5.74, 6) is 0.251. The van der Waals surface area contributed by atoms with Crippen LogP contribution in [0, 0.1) is 13.8 Å². The third-order valence-electron chi connectivity index (χ3n) is 5.42. The topological polar surface area (TPSA) is 64.7 Å². The maximum Gasteiger partial charge on any atom is 0.238 e. The zero-order valence-corrected chi connectivity index (χ0v) is 15.9. The number of carbonyl (C=O) groups is 2. The number of amides is 2. The molecule has 0 aliphatic carbocycles. The van der Waals surface area contributed by atoms with Gasteiger partial charge in [0.1, 0.15) is 0 Å². The van der Waals surface area contributed by atoms with E-state index in [9.17, 15) is 9.59 Å². The van der Waals surface area contributed by atoms with Crippen LogP contribution in [-0.2, 0) is 9.59 Å². The number of hydrogen-bond donors (Lipinski definition) is 2. The number of nitrogens with one attached hydrogen (secondary N) is 2. The maximum atomic E-state index is 12.4. The first-order valence-electron chi connectivity index (χ1n) is 9.62. The number of carbonyl (C=O) groups excluding carboxylic acids is 2. The molecule has 0 saturated carbocycles. The van der Waals surface area contributed by atoms with E-state index in [0.29, 0.717) is 32.1 Å². The minimum Gasteiger partial charge on any atom is -0.340 e. The standard InChI is InChI=1S/C20H30N4O2/c1-15-5-3-6-16(2)20(15)22-18(25)14-23-9-11-24(12-10-23)19(26)13-17-7-4-8-21-17/h3,5-6,17,21H,4,7-14H2,1-2H3,(H,22,25). The van der Waals surface area contributed by atoms with Crippen LogP contribution in [0.3, 0.4) is 0 Å². The van der Waals surface area contributed by atoms with E-state index in [1.54, 1.807) is 0 Å². The predicted molar refractivity (Wildman–Crippen MR) is 103 cm³/mol. The minimum atomic E-state index is 0.0114. The van der Waals surface area contributed by atoms with Gasteiger partial charge in [-0.15, -0.1) is 0 Å². The third-order valence-corrected chi connectivity index (χ3v) is 5.42. The van der Waals surface area contributed by atoms with Crippen molar-refractivity contribution in [3.63, 3.8) is 0 Å². The van der Waals surface area contributed by atoms with Gasteiger partial charge in [-0.25, -0.2) is 0 Å². The molecule has 26 heavy (non-hydrogen) atoms. The lowest BCUT2D eigenvalue weighted by molar-refractivity contribution is -0.133. The molecular weight excluding hydrogens is 328 g/mol. The Hall–Kier alpha value is -1.92. The monoisotopic (exact) mass is 358 g/mol. The Morgan fingerprint density at radius 3 is 2.46 bits per heavy atom. The first-order chi connectivity index (χ1) is 12.5. The minimum absolute atomic E-state index is 0.0114. The second-order valence-corrected chi connectivity index (χ2v) is 7.47. The molecule has 142 valence electrons. The Morgan fingerprint density at radius 1 is 1.15 bits per heavy atom. The van der Waals surface area contributed by atoms with Crippen molar-refractivity contribution < 1.29 is 9.59 Å². The van der Waals surface area contributed by atoms with Crippen LogP contribution in [0.2, 0.25) is 0 Å².